The van der Waals surface area contributed by atoms with Crippen molar-refractivity contribution in [3.8, 4) is 0 Å². The molecule has 0 radical (unpaired) electrons. The molecule has 0 unspecified atom stereocenters. The average molecular weight is 317 g/mol. The van der Waals surface area contributed by atoms with Gasteiger partial charge in [-0.3, -0.25) is 4.79 Å². The molecule has 3 aromatic rings. The van der Waals surface area contributed by atoms with Crippen LogP contribution in [0.3, 0.4) is 0 Å². The van der Waals surface area contributed by atoms with Gasteiger partial charge in [0.1, 0.15) is 0 Å². The zero-order valence-corrected chi connectivity index (χ0v) is 14.5. The summed E-state index contributed by atoms with van der Waals surface area (Å²) in [6.07, 6.45) is 0. The first kappa shape index (κ1) is 16.3. The van der Waals surface area contributed by atoms with Crippen LogP contribution < -0.4 is 5.32 Å². The zero-order chi connectivity index (χ0) is 17.2. The molecule has 0 bridgehead atoms. The van der Waals surface area contributed by atoms with Crippen LogP contribution in [0.25, 0.3) is 10.8 Å². The van der Waals surface area contributed by atoms with Crippen molar-refractivity contribution in [3.63, 3.8) is 0 Å². The molecular formula is C22H23NO. The van der Waals surface area contributed by atoms with Gasteiger partial charge in [-0.05, 0) is 39.4 Å². The summed E-state index contributed by atoms with van der Waals surface area (Å²) >= 11 is 0. The Labute approximate surface area is 143 Å². The monoisotopic (exact) mass is 317 g/mol. The predicted molar refractivity (Wildman–Crippen MR) is 100 cm³/mol. The number of carbonyl (C=O) groups is 1. The lowest BCUT2D eigenvalue weighted by Crippen LogP contribution is -2.23. The third-order valence-electron chi connectivity index (χ3n) is 4.33. The SMILES string of the molecule is CC(C)(C)c1ccc(C(=O)NCc2cccc3ccccc23)cc1. The molecule has 3 aromatic carbocycles. The fraction of sp³-hybridized carbons (Fsp3) is 0.227. The van der Waals surface area contributed by atoms with Crippen LogP contribution >= 0.6 is 0 Å². The fourth-order valence-corrected chi connectivity index (χ4v) is 2.85. The molecule has 0 saturated heterocycles. The van der Waals surface area contributed by atoms with E-state index in [0.29, 0.717) is 12.1 Å². The van der Waals surface area contributed by atoms with E-state index in [-0.39, 0.29) is 11.3 Å². The molecule has 0 spiro atoms. The highest BCUT2D eigenvalue weighted by molar-refractivity contribution is 5.94. The van der Waals surface area contributed by atoms with Crippen LogP contribution in [0, 0.1) is 0 Å². The van der Waals surface area contributed by atoms with Gasteiger partial charge in [0.25, 0.3) is 5.91 Å². The Morgan fingerprint density at radius 3 is 2.25 bits per heavy atom. The number of nitrogens with one attached hydrogen (secondary N) is 1. The maximum absolute atomic E-state index is 12.4. The minimum atomic E-state index is -0.0385. The van der Waals surface area contributed by atoms with Crippen LogP contribution in [0.2, 0.25) is 0 Å². The van der Waals surface area contributed by atoms with Crippen molar-refractivity contribution in [2.45, 2.75) is 32.7 Å². The first-order valence-corrected chi connectivity index (χ1v) is 8.30. The number of carbonyl (C=O) groups excluding carboxylic acids is 1. The smallest absolute Gasteiger partial charge is 0.251 e. The summed E-state index contributed by atoms with van der Waals surface area (Å²) < 4.78 is 0. The van der Waals surface area contributed by atoms with Gasteiger partial charge in [-0.2, -0.15) is 0 Å². The third kappa shape index (κ3) is 3.48. The van der Waals surface area contributed by atoms with Crippen LogP contribution in [0.5, 0.6) is 0 Å². The highest BCUT2D eigenvalue weighted by atomic mass is 16.1. The summed E-state index contributed by atoms with van der Waals surface area (Å²) in [6.45, 7) is 7.04. The first-order valence-electron chi connectivity index (χ1n) is 8.30. The number of amides is 1. The van der Waals surface area contributed by atoms with Gasteiger partial charge in [-0.15, -0.1) is 0 Å². The summed E-state index contributed by atoms with van der Waals surface area (Å²) in [4.78, 5) is 12.4. The van der Waals surface area contributed by atoms with Gasteiger partial charge in [0.2, 0.25) is 0 Å². The number of benzene rings is 3. The summed E-state index contributed by atoms with van der Waals surface area (Å²) in [5.41, 5.74) is 3.15. The Morgan fingerprint density at radius 2 is 1.54 bits per heavy atom. The standard InChI is InChI=1S/C22H23NO/c1-22(2,3)19-13-11-17(12-14-19)21(24)23-15-18-9-6-8-16-7-4-5-10-20(16)18/h4-14H,15H2,1-3H3,(H,23,24). The molecule has 2 heteroatoms. The Morgan fingerprint density at radius 1 is 0.875 bits per heavy atom. The minimum Gasteiger partial charge on any atom is -0.348 e. The average Bonchev–Trinajstić information content (AvgIpc) is 2.59. The zero-order valence-electron chi connectivity index (χ0n) is 14.5. The second kappa shape index (κ2) is 6.48. The summed E-state index contributed by atoms with van der Waals surface area (Å²) in [6, 6.07) is 22.3. The normalized spacial score (nSPS) is 11.5. The number of hydrogen-bond acceptors (Lipinski definition) is 1. The second-order valence-corrected chi connectivity index (χ2v) is 7.15. The maximum atomic E-state index is 12.4. The number of fused-ring (bicyclic) bond motifs is 1. The fourth-order valence-electron chi connectivity index (χ4n) is 2.85. The summed E-state index contributed by atoms with van der Waals surface area (Å²) in [5, 5.41) is 5.40. The van der Waals surface area contributed by atoms with E-state index in [2.05, 4.69) is 50.4 Å². The molecule has 2 nitrogen and oxygen atoms in total. The van der Waals surface area contributed by atoms with Gasteiger partial charge in [-0.25, -0.2) is 0 Å². The molecule has 1 N–H and O–H groups in total. The molecule has 0 atom stereocenters. The van der Waals surface area contributed by atoms with Crippen LogP contribution in [0.1, 0.15) is 42.3 Å². The van der Waals surface area contributed by atoms with Crippen LogP contribution in [0.4, 0.5) is 0 Å². The molecule has 0 aromatic heterocycles. The highest BCUT2D eigenvalue weighted by Crippen LogP contribution is 2.22. The predicted octanol–water partition coefficient (Wildman–Crippen LogP) is 5.07. The van der Waals surface area contributed by atoms with Gasteiger partial charge in [0.05, 0.1) is 0 Å². The maximum Gasteiger partial charge on any atom is 0.251 e. The van der Waals surface area contributed by atoms with E-state index >= 15 is 0 Å². The van der Waals surface area contributed by atoms with E-state index in [9.17, 15) is 4.79 Å². The van der Waals surface area contributed by atoms with E-state index < -0.39 is 0 Å². The quantitative estimate of drug-likeness (QED) is 0.718. The number of rotatable bonds is 3. The topological polar surface area (TPSA) is 29.1 Å². The van der Waals surface area contributed by atoms with Gasteiger partial charge >= 0.3 is 0 Å². The van der Waals surface area contributed by atoms with E-state index in [1.54, 1.807) is 0 Å². The Bertz CT molecular complexity index is 852. The molecule has 3 rings (SSSR count). The van der Waals surface area contributed by atoms with Crippen molar-refractivity contribution in [1.82, 2.24) is 5.32 Å². The van der Waals surface area contributed by atoms with E-state index in [4.69, 9.17) is 0 Å². The lowest BCUT2D eigenvalue weighted by Gasteiger charge is -2.19. The molecular weight excluding hydrogens is 294 g/mol. The summed E-state index contributed by atoms with van der Waals surface area (Å²) in [5.74, 6) is -0.0385. The molecule has 122 valence electrons. The lowest BCUT2D eigenvalue weighted by atomic mass is 9.87. The molecule has 1 amide bonds. The second-order valence-electron chi connectivity index (χ2n) is 7.15. The molecule has 0 aliphatic heterocycles. The van der Waals surface area contributed by atoms with Crippen molar-refractivity contribution in [1.29, 1.82) is 0 Å². The Balaban J connectivity index is 1.73. The van der Waals surface area contributed by atoms with Gasteiger partial charge < -0.3 is 5.32 Å². The lowest BCUT2D eigenvalue weighted by molar-refractivity contribution is 0.0951. The van der Waals surface area contributed by atoms with Crippen molar-refractivity contribution in [2.75, 3.05) is 0 Å². The van der Waals surface area contributed by atoms with E-state index in [0.717, 1.165) is 5.56 Å². The molecule has 0 heterocycles. The number of hydrogen-bond donors (Lipinski definition) is 1. The van der Waals surface area contributed by atoms with Crippen molar-refractivity contribution in [2.24, 2.45) is 0 Å². The molecule has 0 saturated carbocycles. The van der Waals surface area contributed by atoms with Crippen LogP contribution in [0.15, 0.2) is 66.7 Å². The highest BCUT2D eigenvalue weighted by Gasteiger charge is 2.14. The van der Waals surface area contributed by atoms with Crippen molar-refractivity contribution < 1.29 is 4.79 Å². The molecule has 0 aliphatic rings. The Hall–Kier alpha value is -2.61. The van der Waals surface area contributed by atoms with Gasteiger partial charge in [0, 0.05) is 12.1 Å². The minimum absolute atomic E-state index is 0.0385. The van der Waals surface area contributed by atoms with Crippen molar-refractivity contribution >= 4 is 16.7 Å². The van der Waals surface area contributed by atoms with Crippen LogP contribution in [-0.2, 0) is 12.0 Å². The van der Waals surface area contributed by atoms with Gasteiger partial charge in [0.15, 0.2) is 0 Å². The Kier molecular flexibility index (Phi) is 4.39. The van der Waals surface area contributed by atoms with Gasteiger partial charge in [-0.1, -0.05) is 75.4 Å². The van der Waals surface area contributed by atoms with Crippen molar-refractivity contribution in [3.05, 3.63) is 83.4 Å². The van der Waals surface area contributed by atoms with Crippen LogP contribution in [-0.4, -0.2) is 5.91 Å². The first-order chi connectivity index (χ1) is 11.4. The summed E-state index contributed by atoms with van der Waals surface area (Å²) in [7, 11) is 0. The third-order valence-corrected chi connectivity index (χ3v) is 4.33. The van der Waals surface area contributed by atoms with E-state index in [1.807, 2.05) is 42.5 Å². The molecule has 24 heavy (non-hydrogen) atoms. The van der Waals surface area contributed by atoms with E-state index in [1.165, 1.54) is 16.3 Å². The largest absolute Gasteiger partial charge is 0.348 e. The molecule has 0 fully saturated rings. The molecule has 0 aliphatic carbocycles.